The van der Waals surface area contributed by atoms with Crippen LogP contribution in [0.1, 0.15) is 19.6 Å². The summed E-state index contributed by atoms with van der Waals surface area (Å²) in [5, 5.41) is 16.5. The van der Waals surface area contributed by atoms with Gasteiger partial charge in [0, 0.05) is 37.7 Å². The second kappa shape index (κ2) is 9.63. The maximum absolute atomic E-state index is 12.4. The minimum Gasteiger partial charge on any atom is -0.466 e. The van der Waals surface area contributed by atoms with E-state index in [2.05, 4.69) is 15.6 Å². The molecular formula is C16H28N4O4S2. The lowest BCUT2D eigenvalue weighted by atomic mass is 10.0. The molecule has 1 aromatic rings. The van der Waals surface area contributed by atoms with Crippen molar-refractivity contribution < 1.29 is 17.9 Å². The van der Waals surface area contributed by atoms with Gasteiger partial charge in [-0.15, -0.1) is 0 Å². The zero-order chi connectivity index (χ0) is 19.0. The van der Waals surface area contributed by atoms with Crippen LogP contribution in [0, 0.1) is 0 Å². The van der Waals surface area contributed by atoms with Gasteiger partial charge in [0.15, 0.2) is 5.96 Å². The van der Waals surface area contributed by atoms with E-state index >= 15 is 0 Å². The number of rotatable bonds is 8. The molecule has 0 radical (unpaired) electrons. The summed E-state index contributed by atoms with van der Waals surface area (Å²) >= 11 is 1.78. The maximum atomic E-state index is 12.4. The van der Waals surface area contributed by atoms with Crippen molar-refractivity contribution in [3.63, 3.8) is 0 Å². The summed E-state index contributed by atoms with van der Waals surface area (Å²) in [5.41, 5.74) is -1.23. The van der Waals surface area contributed by atoms with Crippen LogP contribution in [0.3, 0.4) is 0 Å². The van der Waals surface area contributed by atoms with Crippen molar-refractivity contribution >= 4 is 27.7 Å². The van der Waals surface area contributed by atoms with E-state index in [1.54, 1.807) is 35.1 Å². The summed E-state index contributed by atoms with van der Waals surface area (Å²) in [6, 6.07) is 3.40. The standard InChI is InChI=1S/C16H28N4O4S2/c1-3-17-15(19-13-16(2,21)14-5-4-9-24-14)18-6-12-26(22,23)20-7-10-25-11-8-20/h4-5,9,21H,3,6-8,10-13H2,1-2H3,(H2,17,18,19). The summed E-state index contributed by atoms with van der Waals surface area (Å²) in [4.78, 5) is 4.35. The molecule has 10 heteroatoms. The molecular weight excluding hydrogens is 376 g/mol. The Morgan fingerprint density at radius 1 is 1.42 bits per heavy atom. The third kappa shape index (κ3) is 6.19. The molecule has 3 N–H and O–H groups in total. The van der Waals surface area contributed by atoms with E-state index in [0.717, 1.165) is 11.5 Å². The quantitative estimate of drug-likeness (QED) is 0.426. The number of furan rings is 1. The van der Waals surface area contributed by atoms with Crippen LogP contribution < -0.4 is 10.6 Å². The van der Waals surface area contributed by atoms with Crippen molar-refractivity contribution in [2.75, 3.05) is 50.0 Å². The number of guanidine groups is 1. The van der Waals surface area contributed by atoms with Crippen LogP contribution in [0.2, 0.25) is 0 Å². The Morgan fingerprint density at radius 2 is 2.15 bits per heavy atom. The highest BCUT2D eigenvalue weighted by atomic mass is 32.2. The fourth-order valence-electron chi connectivity index (χ4n) is 2.49. The minimum atomic E-state index is -3.26. The number of aliphatic imine (C=N–C) groups is 1. The van der Waals surface area contributed by atoms with E-state index in [1.807, 2.05) is 6.92 Å². The Labute approximate surface area is 159 Å². The zero-order valence-electron chi connectivity index (χ0n) is 15.3. The number of sulfonamides is 1. The van der Waals surface area contributed by atoms with Gasteiger partial charge in [0.2, 0.25) is 10.0 Å². The molecule has 0 spiro atoms. The molecule has 1 atom stereocenters. The first-order chi connectivity index (χ1) is 12.3. The Hall–Kier alpha value is -1.23. The molecule has 1 saturated heterocycles. The number of nitrogens with one attached hydrogen (secondary N) is 2. The summed E-state index contributed by atoms with van der Waals surface area (Å²) in [6.07, 6.45) is 1.50. The first-order valence-corrected chi connectivity index (χ1v) is 11.5. The zero-order valence-corrected chi connectivity index (χ0v) is 16.9. The predicted molar refractivity (Wildman–Crippen MR) is 105 cm³/mol. The molecule has 8 nitrogen and oxygen atoms in total. The van der Waals surface area contributed by atoms with Crippen LogP contribution >= 0.6 is 11.8 Å². The van der Waals surface area contributed by atoms with Crippen LogP contribution in [0.15, 0.2) is 27.8 Å². The summed E-state index contributed by atoms with van der Waals surface area (Å²) in [7, 11) is -3.26. The molecule has 1 fully saturated rings. The second-order valence-electron chi connectivity index (χ2n) is 6.20. The summed E-state index contributed by atoms with van der Waals surface area (Å²) < 4.78 is 31.5. The largest absolute Gasteiger partial charge is 0.466 e. The average Bonchev–Trinajstić information content (AvgIpc) is 3.16. The molecule has 0 aromatic carbocycles. The molecule has 1 aliphatic heterocycles. The number of thioether (sulfide) groups is 1. The van der Waals surface area contributed by atoms with Crippen molar-refractivity contribution in [1.82, 2.24) is 14.9 Å². The van der Waals surface area contributed by atoms with Crippen LogP contribution in [0.5, 0.6) is 0 Å². The van der Waals surface area contributed by atoms with Crippen LogP contribution in [-0.2, 0) is 15.6 Å². The van der Waals surface area contributed by atoms with Crippen molar-refractivity contribution in [3.8, 4) is 0 Å². The van der Waals surface area contributed by atoms with Crippen molar-refractivity contribution in [2.24, 2.45) is 4.99 Å². The Morgan fingerprint density at radius 3 is 2.77 bits per heavy atom. The van der Waals surface area contributed by atoms with Gasteiger partial charge in [-0.1, -0.05) is 0 Å². The van der Waals surface area contributed by atoms with Crippen molar-refractivity contribution in [1.29, 1.82) is 0 Å². The molecule has 2 heterocycles. The van der Waals surface area contributed by atoms with Gasteiger partial charge in [-0.2, -0.15) is 11.8 Å². The van der Waals surface area contributed by atoms with E-state index in [9.17, 15) is 13.5 Å². The van der Waals surface area contributed by atoms with Crippen LogP contribution in [-0.4, -0.2) is 73.8 Å². The first-order valence-electron chi connectivity index (χ1n) is 8.69. The molecule has 2 rings (SSSR count). The third-order valence-corrected chi connectivity index (χ3v) is 6.77. The van der Waals surface area contributed by atoms with Gasteiger partial charge in [0.1, 0.15) is 11.4 Å². The van der Waals surface area contributed by atoms with Crippen LogP contribution in [0.25, 0.3) is 0 Å². The maximum Gasteiger partial charge on any atom is 0.215 e. The van der Waals surface area contributed by atoms with E-state index in [0.29, 0.717) is 31.4 Å². The molecule has 148 valence electrons. The minimum absolute atomic E-state index is 0.0106. The smallest absolute Gasteiger partial charge is 0.215 e. The lowest BCUT2D eigenvalue weighted by molar-refractivity contribution is 0.0437. The van der Waals surface area contributed by atoms with Crippen molar-refractivity contribution in [2.45, 2.75) is 19.4 Å². The van der Waals surface area contributed by atoms with Gasteiger partial charge < -0.3 is 20.2 Å². The molecule has 1 unspecified atom stereocenters. The lowest BCUT2D eigenvalue weighted by Crippen LogP contribution is -2.44. The van der Waals surface area contributed by atoms with Crippen LogP contribution in [0.4, 0.5) is 0 Å². The van der Waals surface area contributed by atoms with Gasteiger partial charge in [0.25, 0.3) is 0 Å². The SMILES string of the molecule is CCNC(=NCC(C)(O)c1ccco1)NCCS(=O)(=O)N1CCSCC1. The highest BCUT2D eigenvalue weighted by Gasteiger charge is 2.26. The molecule has 1 aliphatic rings. The Bertz CT molecular complexity index is 668. The summed E-state index contributed by atoms with van der Waals surface area (Å²) in [6.45, 7) is 5.67. The third-order valence-electron chi connectivity index (χ3n) is 3.96. The van der Waals surface area contributed by atoms with E-state index in [-0.39, 0.29) is 18.8 Å². The second-order valence-corrected chi connectivity index (χ2v) is 9.51. The van der Waals surface area contributed by atoms with Gasteiger partial charge in [-0.3, -0.25) is 0 Å². The predicted octanol–water partition coefficient (Wildman–Crippen LogP) is 0.421. The van der Waals surface area contributed by atoms with E-state index in [4.69, 9.17) is 4.42 Å². The topological polar surface area (TPSA) is 107 Å². The van der Waals surface area contributed by atoms with Gasteiger partial charge in [0.05, 0.1) is 18.6 Å². The highest BCUT2D eigenvalue weighted by Crippen LogP contribution is 2.21. The molecule has 0 saturated carbocycles. The first kappa shape index (κ1) is 21.1. The lowest BCUT2D eigenvalue weighted by Gasteiger charge is -2.25. The fourth-order valence-corrected chi connectivity index (χ4v) is 4.98. The average molecular weight is 405 g/mol. The molecule has 1 aromatic heterocycles. The number of nitrogens with zero attached hydrogens (tertiary/aromatic N) is 2. The molecule has 0 amide bonds. The number of hydrogen-bond donors (Lipinski definition) is 3. The number of aliphatic hydroxyl groups is 1. The van der Waals surface area contributed by atoms with E-state index in [1.165, 1.54) is 6.26 Å². The normalized spacial score (nSPS) is 19.1. The van der Waals surface area contributed by atoms with Gasteiger partial charge >= 0.3 is 0 Å². The van der Waals surface area contributed by atoms with Crippen molar-refractivity contribution in [3.05, 3.63) is 24.2 Å². The summed E-state index contributed by atoms with van der Waals surface area (Å²) in [5.74, 6) is 2.60. The Balaban J connectivity index is 1.89. The van der Waals surface area contributed by atoms with Gasteiger partial charge in [-0.25, -0.2) is 17.7 Å². The van der Waals surface area contributed by atoms with Gasteiger partial charge in [-0.05, 0) is 26.0 Å². The monoisotopic (exact) mass is 404 g/mol. The molecule has 0 aliphatic carbocycles. The molecule has 26 heavy (non-hydrogen) atoms. The Kier molecular flexibility index (Phi) is 7.81. The highest BCUT2D eigenvalue weighted by molar-refractivity contribution is 7.99. The molecule has 0 bridgehead atoms. The van der Waals surface area contributed by atoms with E-state index < -0.39 is 15.6 Å². The number of hydrogen-bond acceptors (Lipinski definition) is 6. The fraction of sp³-hybridized carbons (Fsp3) is 0.688.